The van der Waals surface area contributed by atoms with Gasteiger partial charge in [0.1, 0.15) is 35.1 Å². The number of nitrogens with two attached hydrogens (primary N) is 1. The zero-order valence-electron chi connectivity index (χ0n) is 45.8. The van der Waals surface area contributed by atoms with Gasteiger partial charge in [-0.15, -0.1) is 0 Å². The number of carboxylic acid groups (broad SMARTS) is 3. The Morgan fingerprint density at radius 2 is 0.964 bits per heavy atom. The number of benzene rings is 6. The lowest BCUT2D eigenvalue weighted by Crippen LogP contribution is -2.41. The van der Waals surface area contributed by atoms with Gasteiger partial charge in [-0.2, -0.15) is 0 Å². The highest BCUT2D eigenvalue weighted by Crippen LogP contribution is 2.37. The van der Waals surface area contributed by atoms with Gasteiger partial charge in [-0.25, -0.2) is 9.59 Å². The molecular weight excluding hydrogens is 1160 g/mol. The van der Waals surface area contributed by atoms with Gasteiger partial charge in [0.15, 0.2) is 11.6 Å². The fraction of sp³-hybridized carbons (Fsp3) is 0.323. The number of hydrogen-bond donors (Lipinski definition) is 5. The van der Waals surface area contributed by atoms with Crippen molar-refractivity contribution in [3.05, 3.63) is 197 Å². The third kappa shape index (κ3) is 19.3. The summed E-state index contributed by atoms with van der Waals surface area (Å²) in [5.74, 6) is -2.80. The predicted octanol–water partition coefficient (Wildman–Crippen LogP) is 13.5. The first-order chi connectivity index (χ1) is 39.6. The van der Waals surface area contributed by atoms with E-state index < -0.39 is 35.9 Å². The van der Waals surface area contributed by atoms with E-state index in [1.54, 1.807) is 14.2 Å². The van der Waals surface area contributed by atoms with Crippen molar-refractivity contribution in [2.24, 2.45) is 5.73 Å². The Hall–Kier alpha value is -7.40. The summed E-state index contributed by atoms with van der Waals surface area (Å²) < 4.78 is 10.3. The second-order valence-electron chi connectivity index (χ2n) is 20.2. The molecule has 8 rings (SSSR count). The largest absolute Gasteiger partial charge is 0.497 e. The number of ether oxygens (including phenoxy) is 2. The van der Waals surface area contributed by atoms with E-state index >= 15 is 0 Å². The normalized spacial score (nSPS) is 14.3. The molecule has 0 aliphatic heterocycles. The molecule has 1 amide bonds. The molecule has 0 radical (unpaired) electrons. The van der Waals surface area contributed by atoms with E-state index in [2.05, 4.69) is 23.5 Å². The minimum absolute atomic E-state index is 0. The number of Topliss-reactive ketones (excluding diaryl/α,β-unsaturated/α-hetero) is 4. The Bertz CT molecular complexity index is 3320. The molecular formula is C65H68Cl4N2O13. The van der Waals surface area contributed by atoms with E-state index in [1.165, 1.54) is 46.5 Å². The van der Waals surface area contributed by atoms with Gasteiger partial charge >= 0.3 is 17.9 Å². The van der Waals surface area contributed by atoms with Gasteiger partial charge in [0.25, 0.3) is 5.91 Å². The lowest BCUT2D eigenvalue weighted by Gasteiger charge is -2.17. The number of hydrogen-bond acceptors (Lipinski definition) is 11. The SMILES string of the molecule is C.COc1cccc(CCC(=O)c2cc(Cl)c(C(=O)N[C@@H](CCC(=O)C[C@@H]3CCc4ccccc43)C(=O)O)c(Cl)c2)c1.COc1cccc(CCC(=O)c2cc(Cl)c(C(=O)O)c(Cl)c2)c1.N[C@@H](CCC(=O)C[C@@H]1CCc2ccccc21)C(=O)O. The molecule has 6 aromatic rings. The molecule has 2 aliphatic rings. The standard InChI is InChI=1S/C32H31Cl2NO6.C17H14Cl2O4.C15H19NO3.CH4/c1-41-24-7-4-5-19(15-24)9-14-29(37)22-17-26(33)30(27(34)18-22)31(38)35-28(32(39)40)13-12-23(36)16-21-11-10-20-6-2-3-8-25(20)21;1-23-12-4-2-3-10(7-12)5-6-15(20)11-8-13(18)16(17(21)22)14(19)9-11;16-14(15(18)19)8-7-12(17)9-11-6-5-10-3-1-2-4-13(10)11;/h2-8,15,17-18,21,28H,9-14,16H2,1H3,(H,35,38)(H,39,40);2-4,7-9H,5-6H2,1H3,(H,21,22);1-4,11,14H,5-9,16H2,(H,18,19);1H4/t21-,28-;;11-,14-;/m0.0./s1. The van der Waals surface area contributed by atoms with E-state index in [0.717, 1.165) is 42.6 Å². The van der Waals surface area contributed by atoms with E-state index in [9.17, 15) is 43.5 Å². The van der Waals surface area contributed by atoms with Crippen LogP contribution in [0.2, 0.25) is 20.1 Å². The summed E-state index contributed by atoms with van der Waals surface area (Å²) in [4.78, 5) is 96.1. The number of carbonyl (C=O) groups excluding carboxylic acids is 5. The van der Waals surface area contributed by atoms with Crippen molar-refractivity contribution in [1.82, 2.24) is 5.32 Å². The number of rotatable bonds is 25. The van der Waals surface area contributed by atoms with Crippen molar-refractivity contribution in [3.63, 3.8) is 0 Å². The Balaban J connectivity index is 0.000000253. The van der Waals surface area contributed by atoms with Crippen LogP contribution in [0.15, 0.2) is 121 Å². The molecule has 84 heavy (non-hydrogen) atoms. The van der Waals surface area contributed by atoms with Gasteiger partial charge in [-0.1, -0.05) is 127 Å². The van der Waals surface area contributed by atoms with E-state index in [-0.39, 0.29) is 112 Å². The van der Waals surface area contributed by atoms with E-state index in [4.69, 9.17) is 71.8 Å². The van der Waals surface area contributed by atoms with Crippen molar-refractivity contribution < 1.29 is 63.1 Å². The van der Waals surface area contributed by atoms with E-state index in [0.29, 0.717) is 42.9 Å². The number of carbonyl (C=O) groups is 8. The topological polar surface area (TPSA) is 254 Å². The fourth-order valence-electron chi connectivity index (χ4n) is 10.1. The van der Waals surface area contributed by atoms with Crippen molar-refractivity contribution in [3.8, 4) is 11.5 Å². The maximum atomic E-state index is 13.0. The minimum Gasteiger partial charge on any atom is -0.497 e. The molecule has 0 bridgehead atoms. The van der Waals surface area contributed by atoms with Crippen LogP contribution in [0.5, 0.6) is 11.5 Å². The molecule has 0 unspecified atom stereocenters. The van der Waals surface area contributed by atoms with Crippen LogP contribution in [-0.4, -0.2) is 88.6 Å². The highest BCUT2D eigenvalue weighted by molar-refractivity contribution is 6.41. The number of aliphatic carboxylic acids is 2. The first-order valence-corrected chi connectivity index (χ1v) is 28.4. The minimum atomic E-state index is -1.31. The summed E-state index contributed by atoms with van der Waals surface area (Å²) in [7, 11) is 3.15. The molecule has 2 aliphatic carbocycles. The third-order valence-electron chi connectivity index (χ3n) is 14.5. The zero-order chi connectivity index (χ0) is 60.3. The molecule has 6 aromatic carbocycles. The summed E-state index contributed by atoms with van der Waals surface area (Å²) in [5.41, 5.74) is 12.6. The maximum absolute atomic E-state index is 13.0. The monoisotopic (exact) mass is 1220 g/mol. The maximum Gasteiger partial charge on any atom is 0.338 e. The number of carboxylic acids is 3. The summed E-state index contributed by atoms with van der Waals surface area (Å²) in [5, 5.41) is 29.6. The Morgan fingerprint density at radius 3 is 1.37 bits per heavy atom. The Labute approximate surface area is 508 Å². The van der Waals surface area contributed by atoms with Gasteiger partial charge in [0, 0.05) is 49.7 Å². The van der Waals surface area contributed by atoms with Gasteiger partial charge in [0.05, 0.1) is 45.4 Å². The van der Waals surface area contributed by atoms with Crippen molar-refractivity contribution >= 4 is 93.4 Å². The molecule has 444 valence electrons. The molecule has 0 aromatic heterocycles. The molecule has 0 fully saturated rings. The average Bonchev–Trinajstić information content (AvgIpc) is 4.16. The van der Waals surface area contributed by atoms with Gasteiger partial charge in [-0.3, -0.25) is 28.8 Å². The molecule has 0 spiro atoms. The summed E-state index contributed by atoms with van der Waals surface area (Å²) >= 11 is 24.5. The lowest BCUT2D eigenvalue weighted by molar-refractivity contribution is -0.140. The number of nitrogens with one attached hydrogen (secondary N) is 1. The molecule has 6 N–H and O–H groups in total. The predicted molar refractivity (Wildman–Crippen MR) is 325 cm³/mol. The second kappa shape index (κ2) is 32.6. The third-order valence-corrected chi connectivity index (χ3v) is 15.7. The van der Waals surface area contributed by atoms with Crippen LogP contribution in [0.3, 0.4) is 0 Å². The Morgan fingerprint density at radius 1 is 0.548 bits per heavy atom. The molecule has 19 heteroatoms. The summed E-state index contributed by atoms with van der Waals surface area (Å²) in [6.07, 6.45) is 6.57. The molecule has 4 atom stereocenters. The molecule has 15 nitrogen and oxygen atoms in total. The summed E-state index contributed by atoms with van der Waals surface area (Å²) in [6, 6.07) is 34.3. The van der Waals surface area contributed by atoms with Gasteiger partial charge < -0.3 is 35.8 Å². The fourth-order valence-corrected chi connectivity index (χ4v) is 11.4. The van der Waals surface area contributed by atoms with Crippen LogP contribution in [-0.2, 0) is 44.9 Å². The first-order valence-electron chi connectivity index (χ1n) is 26.9. The highest BCUT2D eigenvalue weighted by atomic mass is 35.5. The molecule has 0 saturated heterocycles. The number of halogens is 4. The molecule has 0 heterocycles. The quantitative estimate of drug-likeness (QED) is 0.0334. The van der Waals surface area contributed by atoms with Crippen molar-refractivity contribution in [2.75, 3.05) is 14.2 Å². The van der Waals surface area contributed by atoms with Crippen LogP contribution in [0.25, 0.3) is 0 Å². The van der Waals surface area contributed by atoms with Crippen molar-refractivity contribution in [2.45, 2.75) is 121 Å². The van der Waals surface area contributed by atoms with Crippen LogP contribution >= 0.6 is 46.4 Å². The molecule has 0 saturated carbocycles. The van der Waals surface area contributed by atoms with Gasteiger partial charge in [-0.05, 0) is 145 Å². The van der Waals surface area contributed by atoms with E-state index in [1.807, 2.05) is 78.9 Å². The Kier molecular flexibility index (Phi) is 26.2. The number of amides is 1. The van der Waals surface area contributed by atoms with Crippen LogP contribution < -0.4 is 20.5 Å². The number of aryl methyl sites for hydroxylation is 4. The smallest absolute Gasteiger partial charge is 0.338 e. The first kappa shape index (κ1) is 67.4. The summed E-state index contributed by atoms with van der Waals surface area (Å²) in [6.45, 7) is 0. The average molecular weight is 1230 g/mol. The van der Waals surface area contributed by atoms with Crippen LogP contribution in [0, 0.1) is 0 Å². The second-order valence-corrected chi connectivity index (χ2v) is 21.9. The van der Waals surface area contributed by atoms with Crippen molar-refractivity contribution in [1.29, 1.82) is 0 Å². The number of aromatic carboxylic acids is 1. The lowest BCUT2D eigenvalue weighted by atomic mass is 9.93. The number of fused-ring (bicyclic) bond motifs is 2. The number of ketones is 4. The van der Waals surface area contributed by atoms with Crippen LogP contribution in [0.4, 0.5) is 0 Å². The zero-order valence-corrected chi connectivity index (χ0v) is 48.8. The highest BCUT2D eigenvalue weighted by Gasteiger charge is 2.29. The number of methoxy groups -OCH3 is 2. The van der Waals surface area contributed by atoms with Gasteiger partial charge in [0.2, 0.25) is 0 Å². The van der Waals surface area contributed by atoms with Crippen LogP contribution in [0.1, 0.15) is 158 Å².